The van der Waals surface area contributed by atoms with Crippen LogP contribution in [-0.4, -0.2) is 57.7 Å². The summed E-state index contributed by atoms with van der Waals surface area (Å²) in [7, 11) is 2.08. The van der Waals surface area contributed by atoms with E-state index in [2.05, 4.69) is 57.1 Å². The van der Waals surface area contributed by atoms with E-state index in [0.717, 1.165) is 45.3 Å². The Balaban J connectivity index is 1.42. The smallest absolute Gasteiger partial charge is 0.230 e. The molecule has 0 spiro atoms. The van der Waals surface area contributed by atoms with Crippen LogP contribution in [0.15, 0.2) is 30.3 Å². The Hall–Kier alpha value is -2.28. The lowest BCUT2D eigenvalue weighted by molar-refractivity contribution is -0.122. The van der Waals surface area contributed by atoms with Gasteiger partial charge in [0.1, 0.15) is 0 Å². The molecule has 1 aliphatic heterocycles. The molecule has 1 aliphatic rings. The minimum absolute atomic E-state index is 0.0365. The summed E-state index contributed by atoms with van der Waals surface area (Å²) in [6, 6.07) is 10.5. The third-order valence-electron chi connectivity index (χ3n) is 4.72. The number of nitrogens with one attached hydrogen (secondary N) is 1. The highest BCUT2D eigenvalue weighted by Gasteiger charge is 2.28. The Kier molecular flexibility index (Phi) is 6.11. The quantitative estimate of drug-likeness (QED) is 0.819. The number of hydrogen-bond donors (Lipinski definition) is 1. The molecule has 2 aromatic rings. The van der Waals surface area contributed by atoms with Gasteiger partial charge in [0, 0.05) is 26.2 Å². The highest BCUT2D eigenvalue weighted by atomic mass is 16.1. The Morgan fingerprint density at radius 1 is 1.28 bits per heavy atom. The summed E-state index contributed by atoms with van der Waals surface area (Å²) in [6.07, 6.45) is 3.86. The summed E-state index contributed by atoms with van der Waals surface area (Å²) >= 11 is 0. The van der Waals surface area contributed by atoms with E-state index in [0.29, 0.717) is 12.4 Å². The van der Waals surface area contributed by atoms with Gasteiger partial charge in [-0.1, -0.05) is 36.8 Å². The van der Waals surface area contributed by atoms with Crippen LogP contribution >= 0.6 is 0 Å². The first kappa shape index (κ1) is 17.5. The first-order chi connectivity index (χ1) is 12.2. The summed E-state index contributed by atoms with van der Waals surface area (Å²) in [6.45, 7) is 3.24. The number of rotatable bonds is 7. The molecule has 1 amide bonds. The number of aryl methyl sites for hydroxylation is 1. The van der Waals surface area contributed by atoms with Crippen LogP contribution in [0.5, 0.6) is 0 Å². The van der Waals surface area contributed by atoms with Gasteiger partial charge in [-0.05, 0) is 42.3 Å². The summed E-state index contributed by atoms with van der Waals surface area (Å²) in [5.74, 6) is 0.508. The van der Waals surface area contributed by atoms with Gasteiger partial charge in [-0.3, -0.25) is 4.79 Å². The highest BCUT2D eigenvalue weighted by molar-refractivity contribution is 5.82. The second-order valence-corrected chi connectivity index (χ2v) is 6.64. The fraction of sp³-hybridized carbons (Fsp3) is 0.556. The lowest BCUT2D eigenvalue weighted by atomic mass is 10.0. The summed E-state index contributed by atoms with van der Waals surface area (Å²) < 4.78 is 1.77. The van der Waals surface area contributed by atoms with Crippen molar-refractivity contribution >= 4 is 5.91 Å². The monoisotopic (exact) mass is 342 g/mol. The normalized spacial score (nSPS) is 17.1. The first-order valence-corrected chi connectivity index (χ1v) is 9.00. The molecule has 1 aromatic carbocycles. The number of nitrogens with zero attached hydrogens (tertiary/aromatic N) is 5. The second kappa shape index (κ2) is 8.71. The molecule has 0 aliphatic carbocycles. The molecule has 134 valence electrons. The standard InChI is InChI=1S/C18H26N6O/c1-23(13-10-15-7-3-2-4-8-15)14-11-19-18(25)16-9-5-6-12-24-17(16)20-21-22-24/h2-4,7-8,16H,5-6,9-14H2,1H3,(H,19,25)/t16-/m1/s1. The third kappa shape index (κ3) is 4.85. The van der Waals surface area contributed by atoms with Crippen LogP contribution in [0.1, 0.15) is 36.6 Å². The molecule has 7 nitrogen and oxygen atoms in total. The van der Waals surface area contributed by atoms with Gasteiger partial charge in [0.2, 0.25) is 5.91 Å². The number of fused-ring (bicyclic) bond motifs is 1. The summed E-state index contributed by atoms with van der Waals surface area (Å²) in [4.78, 5) is 14.8. The molecule has 1 N–H and O–H groups in total. The Morgan fingerprint density at radius 2 is 2.12 bits per heavy atom. The predicted molar refractivity (Wildman–Crippen MR) is 95.1 cm³/mol. The van der Waals surface area contributed by atoms with Crippen molar-refractivity contribution in [1.82, 2.24) is 30.4 Å². The van der Waals surface area contributed by atoms with Crippen molar-refractivity contribution in [1.29, 1.82) is 0 Å². The molecule has 0 saturated heterocycles. The predicted octanol–water partition coefficient (Wildman–Crippen LogP) is 1.23. The molecule has 7 heteroatoms. The number of aromatic nitrogens is 4. The topological polar surface area (TPSA) is 75.9 Å². The molecular weight excluding hydrogens is 316 g/mol. The molecule has 0 radical (unpaired) electrons. The van der Waals surface area contributed by atoms with Crippen molar-refractivity contribution in [2.45, 2.75) is 38.1 Å². The number of carbonyl (C=O) groups excluding carboxylic acids is 1. The van der Waals surface area contributed by atoms with E-state index < -0.39 is 0 Å². The molecule has 1 aromatic heterocycles. The zero-order valence-electron chi connectivity index (χ0n) is 14.8. The van der Waals surface area contributed by atoms with Crippen molar-refractivity contribution in [3.05, 3.63) is 41.7 Å². The molecule has 3 rings (SSSR count). The molecule has 25 heavy (non-hydrogen) atoms. The van der Waals surface area contributed by atoms with E-state index in [1.54, 1.807) is 4.68 Å². The molecule has 0 saturated carbocycles. The number of likely N-dealkylation sites (N-methyl/N-ethyl adjacent to an activating group) is 1. The molecule has 1 atom stereocenters. The maximum absolute atomic E-state index is 12.5. The number of tetrazole rings is 1. The van der Waals surface area contributed by atoms with Gasteiger partial charge in [-0.25, -0.2) is 4.68 Å². The minimum Gasteiger partial charge on any atom is -0.354 e. The molecule has 0 bridgehead atoms. The minimum atomic E-state index is -0.230. The fourth-order valence-electron chi connectivity index (χ4n) is 3.18. The summed E-state index contributed by atoms with van der Waals surface area (Å²) in [5.41, 5.74) is 1.34. The SMILES string of the molecule is CN(CCNC(=O)[C@@H]1CCCCn2nnnc21)CCc1ccccc1. The second-order valence-electron chi connectivity index (χ2n) is 6.64. The van der Waals surface area contributed by atoms with Gasteiger partial charge in [0.05, 0.1) is 5.92 Å². The van der Waals surface area contributed by atoms with E-state index in [1.807, 2.05) is 6.07 Å². The van der Waals surface area contributed by atoms with E-state index >= 15 is 0 Å². The first-order valence-electron chi connectivity index (χ1n) is 9.00. The van der Waals surface area contributed by atoms with Crippen LogP contribution < -0.4 is 5.32 Å². The summed E-state index contributed by atoms with van der Waals surface area (Å²) in [5, 5.41) is 14.8. The van der Waals surface area contributed by atoms with Crippen molar-refractivity contribution in [2.75, 3.05) is 26.7 Å². The van der Waals surface area contributed by atoms with Gasteiger partial charge >= 0.3 is 0 Å². The number of hydrogen-bond acceptors (Lipinski definition) is 5. The van der Waals surface area contributed by atoms with Gasteiger partial charge < -0.3 is 10.2 Å². The lowest BCUT2D eigenvalue weighted by Crippen LogP contribution is -2.36. The van der Waals surface area contributed by atoms with Crippen LogP contribution in [0.3, 0.4) is 0 Å². The number of amides is 1. The van der Waals surface area contributed by atoms with E-state index in [-0.39, 0.29) is 11.8 Å². The molecule has 2 heterocycles. The zero-order valence-corrected chi connectivity index (χ0v) is 14.8. The van der Waals surface area contributed by atoms with Crippen molar-refractivity contribution in [2.24, 2.45) is 0 Å². The van der Waals surface area contributed by atoms with Crippen LogP contribution in [-0.2, 0) is 17.8 Å². The van der Waals surface area contributed by atoms with Crippen LogP contribution in [0.4, 0.5) is 0 Å². The van der Waals surface area contributed by atoms with E-state index in [1.165, 1.54) is 5.56 Å². The van der Waals surface area contributed by atoms with E-state index in [4.69, 9.17) is 0 Å². The van der Waals surface area contributed by atoms with Gasteiger partial charge in [0.25, 0.3) is 0 Å². The average Bonchev–Trinajstić information content (AvgIpc) is 3.00. The maximum atomic E-state index is 12.5. The average molecular weight is 342 g/mol. The molecular formula is C18H26N6O. The molecule has 0 unspecified atom stereocenters. The Bertz CT molecular complexity index is 671. The van der Waals surface area contributed by atoms with Gasteiger partial charge in [0.15, 0.2) is 5.82 Å². The molecule has 0 fully saturated rings. The number of benzene rings is 1. The van der Waals surface area contributed by atoms with Crippen LogP contribution in [0, 0.1) is 0 Å². The number of carbonyl (C=O) groups is 1. The van der Waals surface area contributed by atoms with E-state index in [9.17, 15) is 4.79 Å². The lowest BCUT2D eigenvalue weighted by Gasteiger charge is -2.18. The highest BCUT2D eigenvalue weighted by Crippen LogP contribution is 2.23. The van der Waals surface area contributed by atoms with Crippen LogP contribution in [0.25, 0.3) is 0 Å². The zero-order chi connectivity index (χ0) is 17.5. The van der Waals surface area contributed by atoms with Crippen molar-refractivity contribution in [3.8, 4) is 0 Å². The van der Waals surface area contributed by atoms with Gasteiger partial charge in [-0.2, -0.15) is 0 Å². The Morgan fingerprint density at radius 3 is 2.96 bits per heavy atom. The largest absolute Gasteiger partial charge is 0.354 e. The third-order valence-corrected chi connectivity index (χ3v) is 4.72. The van der Waals surface area contributed by atoms with Crippen molar-refractivity contribution in [3.63, 3.8) is 0 Å². The fourth-order valence-corrected chi connectivity index (χ4v) is 3.18. The van der Waals surface area contributed by atoms with Crippen molar-refractivity contribution < 1.29 is 4.79 Å². The van der Waals surface area contributed by atoms with Gasteiger partial charge in [-0.15, -0.1) is 5.10 Å². The Labute approximate surface area is 148 Å². The van der Waals surface area contributed by atoms with Crippen LogP contribution in [0.2, 0.25) is 0 Å². The maximum Gasteiger partial charge on any atom is 0.230 e.